The van der Waals surface area contributed by atoms with Gasteiger partial charge in [-0.15, -0.1) is 0 Å². The van der Waals surface area contributed by atoms with Gasteiger partial charge in [0.2, 0.25) is 10.0 Å². The van der Waals surface area contributed by atoms with E-state index in [1.54, 1.807) is 26.3 Å². The zero-order chi connectivity index (χ0) is 13.8. The number of nitrogens with one attached hydrogen (secondary N) is 2. The van der Waals surface area contributed by atoms with Gasteiger partial charge in [0, 0.05) is 42.1 Å². The van der Waals surface area contributed by atoms with E-state index < -0.39 is 20.8 Å². The first-order valence-corrected chi connectivity index (χ1v) is 8.43. The second kappa shape index (κ2) is 6.26. The van der Waals surface area contributed by atoms with Crippen molar-refractivity contribution >= 4 is 26.6 Å². The Bertz CT molecular complexity index is 514. The van der Waals surface area contributed by atoms with Crippen molar-refractivity contribution in [2.45, 2.75) is 17.1 Å². The maximum absolute atomic E-state index is 11.9. The molecule has 8 heteroatoms. The zero-order valence-corrected chi connectivity index (χ0v) is 12.1. The summed E-state index contributed by atoms with van der Waals surface area (Å²) in [6.07, 6.45) is 2.82. The van der Waals surface area contributed by atoms with Gasteiger partial charge in [-0.05, 0) is 19.1 Å². The van der Waals surface area contributed by atoms with E-state index in [9.17, 15) is 12.6 Å². The van der Waals surface area contributed by atoms with Crippen molar-refractivity contribution in [1.29, 1.82) is 0 Å². The molecule has 0 saturated carbocycles. The molecule has 2 N–H and O–H groups in total. The van der Waals surface area contributed by atoms with Gasteiger partial charge < -0.3 is 5.32 Å². The zero-order valence-electron chi connectivity index (χ0n) is 10.5. The molecule has 6 nitrogen and oxygen atoms in total. The summed E-state index contributed by atoms with van der Waals surface area (Å²) < 4.78 is 37.3. The molecule has 0 bridgehead atoms. The lowest BCUT2D eigenvalue weighted by molar-refractivity contribution is 0.580. The lowest BCUT2D eigenvalue weighted by Crippen LogP contribution is -2.32. The Balaban J connectivity index is 2.76. The van der Waals surface area contributed by atoms with Gasteiger partial charge in [-0.1, -0.05) is 0 Å². The van der Waals surface area contributed by atoms with E-state index in [-0.39, 0.29) is 16.7 Å². The number of pyridine rings is 1. The fourth-order valence-electron chi connectivity index (χ4n) is 1.11. The summed E-state index contributed by atoms with van der Waals surface area (Å²) in [6.45, 7) is 1.86. The summed E-state index contributed by atoms with van der Waals surface area (Å²) in [4.78, 5) is 4.03. The Morgan fingerprint density at radius 1 is 1.44 bits per heavy atom. The van der Waals surface area contributed by atoms with Crippen molar-refractivity contribution in [3.8, 4) is 0 Å². The van der Waals surface area contributed by atoms with Gasteiger partial charge >= 0.3 is 0 Å². The molecule has 0 amide bonds. The van der Waals surface area contributed by atoms with E-state index in [2.05, 4.69) is 15.0 Å². The van der Waals surface area contributed by atoms with E-state index in [1.807, 2.05) is 0 Å². The Morgan fingerprint density at radius 2 is 2.11 bits per heavy atom. The molecule has 1 aromatic heterocycles. The molecule has 0 saturated heterocycles. The van der Waals surface area contributed by atoms with Crippen molar-refractivity contribution in [2.24, 2.45) is 0 Å². The fraction of sp³-hybridized carbons (Fsp3) is 0.500. The highest BCUT2D eigenvalue weighted by atomic mass is 32.2. The van der Waals surface area contributed by atoms with Crippen LogP contribution in [0.1, 0.15) is 6.92 Å². The van der Waals surface area contributed by atoms with E-state index in [0.29, 0.717) is 5.82 Å². The molecule has 102 valence electrons. The van der Waals surface area contributed by atoms with Crippen LogP contribution in [0.5, 0.6) is 0 Å². The Morgan fingerprint density at radius 3 is 2.56 bits per heavy atom. The Kier molecular flexibility index (Phi) is 5.24. The van der Waals surface area contributed by atoms with Crippen LogP contribution in [0, 0.1) is 0 Å². The van der Waals surface area contributed by atoms with Crippen LogP contribution in [0.2, 0.25) is 0 Å². The molecule has 0 aliphatic carbocycles. The van der Waals surface area contributed by atoms with Crippen LogP contribution in [0.3, 0.4) is 0 Å². The Labute approximate surface area is 110 Å². The van der Waals surface area contributed by atoms with Gasteiger partial charge in [0.1, 0.15) is 10.7 Å². The van der Waals surface area contributed by atoms with Crippen LogP contribution in [0.25, 0.3) is 0 Å². The third-order valence-electron chi connectivity index (χ3n) is 2.43. The number of anilines is 1. The quantitative estimate of drug-likeness (QED) is 0.780. The highest BCUT2D eigenvalue weighted by Crippen LogP contribution is 2.10. The normalized spacial score (nSPS) is 15.1. The molecule has 1 rings (SSSR count). The SMILES string of the molecule is CNc1ccc(S(=O)(=O)NCC(C)S(C)=O)cn1. The summed E-state index contributed by atoms with van der Waals surface area (Å²) >= 11 is 0. The number of hydrogen-bond acceptors (Lipinski definition) is 5. The van der Waals surface area contributed by atoms with E-state index in [1.165, 1.54) is 12.3 Å². The smallest absolute Gasteiger partial charge is 0.242 e. The topological polar surface area (TPSA) is 88.2 Å². The standard InChI is InChI=1S/C10H17N3O3S2/c1-8(17(3)14)6-13-18(15,16)9-4-5-10(11-2)12-7-9/h4-5,7-8,13H,6H2,1-3H3,(H,11,12). The third-order valence-corrected chi connectivity index (χ3v) is 5.14. The second-order valence-electron chi connectivity index (χ2n) is 3.79. The van der Waals surface area contributed by atoms with Crippen LogP contribution in [0.15, 0.2) is 23.2 Å². The van der Waals surface area contributed by atoms with Crippen molar-refractivity contribution in [2.75, 3.05) is 25.2 Å². The third kappa shape index (κ3) is 4.04. The minimum atomic E-state index is -3.59. The molecule has 0 aliphatic rings. The average Bonchev–Trinajstić information content (AvgIpc) is 2.36. The molecule has 2 atom stereocenters. The van der Waals surface area contributed by atoms with Crippen molar-refractivity contribution in [3.63, 3.8) is 0 Å². The molecular formula is C10H17N3O3S2. The van der Waals surface area contributed by atoms with Crippen LogP contribution >= 0.6 is 0 Å². The minimum absolute atomic E-state index is 0.0931. The van der Waals surface area contributed by atoms with E-state index in [0.717, 1.165) is 0 Å². The maximum atomic E-state index is 11.9. The molecule has 1 aromatic rings. The van der Waals surface area contributed by atoms with Crippen LogP contribution in [0.4, 0.5) is 5.82 Å². The lowest BCUT2D eigenvalue weighted by Gasteiger charge is -2.10. The highest BCUT2D eigenvalue weighted by molar-refractivity contribution is 7.89. The molecule has 0 radical (unpaired) electrons. The summed E-state index contributed by atoms with van der Waals surface area (Å²) in [5.41, 5.74) is 0. The molecule has 1 heterocycles. The molecule has 0 aliphatic heterocycles. The lowest BCUT2D eigenvalue weighted by atomic mass is 10.5. The number of sulfonamides is 1. The number of aromatic nitrogens is 1. The molecule has 0 spiro atoms. The number of nitrogens with zero attached hydrogens (tertiary/aromatic N) is 1. The van der Waals surface area contributed by atoms with Crippen molar-refractivity contribution in [3.05, 3.63) is 18.3 Å². The molecule has 2 unspecified atom stereocenters. The van der Waals surface area contributed by atoms with Gasteiger partial charge in [-0.25, -0.2) is 18.1 Å². The molecule has 0 aromatic carbocycles. The summed E-state index contributed by atoms with van der Waals surface area (Å²) in [6, 6.07) is 3.05. The van der Waals surface area contributed by atoms with Gasteiger partial charge in [0.15, 0.2) is 0 Å². The first-order chi connectivity index (χ1) is 8.36. The van der Waals surface area contributed by atoms with Crippen LogP contribution < -0.4 is 10.0 Å². The van der Waals surface area contributed by atoms with Gasteiger partial charge in [0.05, 0.1) is 0 Å². The van der Waals surface area contributed by atoms with Crippen LogP contribution in [-0.4, -0.2) is 42.7 Å². The van der Waals surface area contributed by atoms with Gasteiger partial charge in [-0.2, -0.15) is 0 Å². The average molecular weight is 291 g/mol. The maximum Gasteiger partial charge on any atom is 0.242 e. The first-order valence-electron chi connectivity index (χ1n) is 5.32. The second-order valence-corrected chi connectivity index (χ2v) is 7.36. The summed E-state index contributed by atoms with van der Waals surface area (Å²) in [5.74, 6) is 0.594. The largest absolute Gasteiger partial charge is 0.373 e. The van der Waals surface area contributed by atoms with Gasteiger partial charge in [0.25, 0.3) is 0 Å². The van der Waals surface area contributed by atoms with Crippen LogP contribution in [-0.2, 0) is 20.8 Å². The summed E-state index contributed by atoms with van der Waals surface area (Å²) in [5, 5.41) is 2.57. The highest BCUT2D eigenvalue weighted by Gasteiger charge is 2.16. The molecular weight excluding hydrogens is 274 g/mol. The van der Waals surface area contributed by atoms with Gasteiger partial charge in [-0.3, -0.25) is 4.21 Å². The van der Waals surface area contributed by atoms with Crippen molar-refractivity contribution < 1.29 is 12.6 Å². The Hall–Kier alpha value is -0.990. The minimum Gasteiger partial charge on any atom is -0.373 e. The molecule has 18 heavy (non-hydrogen) atoms. The number of rotatable bonds is 6. The predicted octanol–water partition coefficient (Wildman–Crippen LogP) is 0.169. The summed E-state index contributed by atoms with van der Waals surface area (Å²) in [7, 11) is -2.95. The van der Waals surface area contributed by atoms with E-state index >= 15 is 0 Å². The van der Waals surface area contributed by atoms with Crippen molar-refractivity contribution in [1.82, 2.24) is 9.71 Å². The monoisotopic (exact) mass is 291 g/mol. The van der Waals surface area contributed by atoms with E-state index in [4.69, 9.17) is 0 Å². The fourth-order valence-corrected chi connectivity index (χ4v) is 2.61. The molecule has 0 fully saturated rings. The first kappa shape index (κ1) is 15.1. The number of hydrogen-bond donors (Lipinski definition) is 2. The predicted molar refractivity (Wildman–Crippen MR) is 72.5 cm³/mol.